The first kappa shape index (κ1) is 16.2. The molecule has 0 aromatic heterocycles. The molecule has 2 amide bonds. The second-order valence-corrected chi connectivity index (χ2v) is 6.13. The molecule has 3 rings (SSSR count). The molecule has 0 spiro atoms. The highest BCUT2D eigenvalue weighted by molar-refractivity contribution is 6.00. The third-order valence-electron chi connectivity index (χ3n) is 4.72. The molecule has 0 atom stereocenters. The lowest BCUT2D eigenvalue weighted by atomic mass is 9.78. The summed E-state index contributed by atoms with van der Waals surface area (Å²) in [6.45, 7) is 0. The van der Waals surface area contributed by atoms with Gasteiger partial charge in [0.15, 0.2) is 0 Å². The lowest BCUT2D eigenvalue weighted by Gasteiger charge is -2.28. The monoisotopic (exact) mass is 324 g/mol. The van der Waals surface area contributed by atoms with Gasteiger partial charge in [-0.05, 0) is 42.7 Å². The smallest absolute Gasteiger partial charge is 0.274 e. The van der Waals surface area contributed by atoms with Gasteiger partial charge in [-0.2, -0.15) is 0 Å². The van der Waals surface area contributed by atoms with Crippen molar-refractivity contribution in [3.05, 3.63) is 65.7 Å². The van der Waals surface area contributed by atoms with Crippen LogP contribution in [0, 0.1) is 0 Å². The summed E-state index contributed by atoms with van der Waals surface area (Å²) in [4.78, 5) is 24.3. The molecule has 124 valence electrons. The first-order valence-electron chi connectivity index (χ1n) is 8.07. The highest BCUT2D eigenvalue weighted by Crippen LogP contribution is 2.42. The maximum atomic E-state index is 13.0. The molecule has 5 heteroatoms. The molecule has 1 saturated carbocycles. The zero-order valence-electron chi connectivity index (χ0n) is 13.3. The molecule has 0 bridgehead atoms. The van der Waals surface area contributed by atoms with Crippen LogP contribution in [0.15, 0.2) is 54.6 Å². The van der Waals surface area contributed by atoms with Crippen LogP contribution in [0.1, 0.15) is 41.6 Å². The van der Waals surface area contributed by atoms with Gasteiger partial charge in [0.25, 0.3) is 5.91 Å². The molecular formula is C19H20N2O3. The molecular weight excluding hydrogens is 304 g/mol. The molecule has 0 radical (unpaired) electrons. The normalized spacial score (nSPS) is 15.7. The molecule has 1 aliphatic carbocycles. The van der Waals surface area contributed by atoms with Crippen molar-refractivity contribution in [1.29, 1.82) is 0 Å². The van der Waals surface area contributed by atoms with Gasteiger partial charge in [-0.1, -0.05) is 43.2 Å². The summed E-state index contributed by atoms with van der Waals surface area (Å²) in [5.74, 6) is -0.588. The third-order valence-corrected chi connectivity index (χ3v) is 4.72. The molecule has 5 nitrogen and oxygen atoms in total. The van der Waals surface area contributed by atoms with Gasteiger partial charge in [0, 0.05) is 11.3 Å². The van der Waals surface area contributed by atoms with Crippen molar-refractivity contribution in [2.75, 3.05) is 5.32 Å². The van der Waals surface area contributed by atoms with Gasteiger partial charge < -0.3 is 5.32 Å². The Labute approximate surface area is 140 Å². The van der Waals surface area contributed by atoms with Crippen molar-refractivity contribution in [3.8, 4) is 0 Å². The molecule has 0 saturated heterocycles. The summed E-state index contributed by atoms with van der Waals surface area (Å²) in [6.07, 6.45) is 3.76. The number of rotatable bonds is 4. The minimum Gasteiger partial charge on any atom is -0.325 e. The SMILES string of the molecule is O=C(NO)c1ccc(NC(=O)C2(c3ccccc3)CCCC2)cc1. The Morgan fingerprint density at radius 1 is 0.917 bits per heavy atom. The van der Waals surface area contributed by atoms with Gasteiger partial charge in [-0.3, -0.25) is 14.8 Å². The van der Waals surface area contributed by atoms with E-state index >= 15 is 0 Å². The van der Waals surface area contributed by atoms with Crippen molar-refractivity contribution in [2.24, 2.45) is 0 Å². The maximum absolute atomic E-state index is 13.0. The van der Waals surface area contributed by atoms with E-state index in [1.165, 1.54) is 0 Å². The summed E-state index contributed by atoms with van der Waals surface area (Å²) in [5, 5.41) is 11.6. The summed E-state index contributed by atoms with van der Waals surface area (Å²) in [6, 6.07) is 16.4. The molecule has 0 unspecified atom stereocenters. The second-order valence-electron chi connectivity index (χ2n) is 6.13. The number of anilines is 1. The molecule has 2 aromatic carbocycles. The van der Waals surface area contributed by atoms with Gasteiger partial charge in [0.1, 0.15) is 0 Å². The van der Waals surface area contributed by atoms with Crippen molar-refractivity contribution in [1.82, 2.24) is 5.48 Å². The number of hydrogen-bond donors (Lipinski definition) is 3. The fourth-order valence-electron chi connectivity index (χ4n) is 3.40. The minimum absolute atomic E-state index is 0.00874. The van der Waals surface area contributed by atoms with Crippen LogP contribution in [0.2, 0.25) is 0 Å². The van der Waals surface area contributed by atoms with Crippen molar-refractivity contribution < 1.29 is 14.8 Å². The Balaban J connectivity index is 1.81. The molecule has 1 aliphatic rings. The van der Waals surface area contributed by atoms with E-state index in [2.05, 4.69) is 5.32 Å². The van der Waals surface area contributed by atoms with Crippen LogP contribution in [0.4, 0.5) is 5.69 Å². The van der Waals surface area contributed by atoms with Gasteiger partial charge in [-0.15, -0.1) is 0 Å². The molecule has 0 aliphatic heterocycles. The average Bonchev–Trinajstić information content (AvgIpc) is 3.13. The molecule has 2 aromatic rings. The lowest BCUT2D eigenvalue weighted by Crippen LogP contribution is -2.37. The van der Waals surface area contributed by atoms with Crippen LogP contribution >= 0.6 is 0 Å². The molecule has 3 N–H and O–H groups in total. The van der Waals surface area contributed by atoms with Crippen LogP contribution in [0.3, 0.4) is 0 Å². The average molecular weight is 324 g/mol. The van der Waals surface area contributed by atoms with Crippen LogP contribution in [-0.2, 0) is 10.2 Å². The number of carbonyl (C=O) groups is 2. The van der Waals surface area contributed by atoms with Crippen LogP contribution in [0.5, 0.6) is 0 Å². The van der Waals surface area contributed by atoms with E-state index in [1.807, 2.05) is 30.3 Å². The highest BCUT2D eigenvalue weighted by Gasteiger charge is 2.42. The number of benzene rings is 2. The van der Waals surface area contributed by atoms with E-state index in [0.717, 1.165) is 31.2 Å². The van der Waals surface area contributed by atoms with Gasteiger partial charge in [-0.25, -0.2) is 5.48 Å². The predicted octanol–water partition coefficient (Wildman–Crippen LogP) is 3.26. The van der Waals surface area contributed by atoms with Crippen LogP contribution in [0.25, 0.3) is 0 Å². The zero-order chi connectivity index (χ0) is 17.0. The van der Waals surface area contributed by atoms with Crippen molar-refractivity contribution >= 4 is 17.5 Å². The molecule has 1 fully saturated rings. The van der Waals surface area contributed by atoms with Gasteiger partial charge >= 0.3 is 0 Å². The maximum Gasteiger partial charge on any atom is 0.274 e. The second kappa shape index (κ2) is 6.84. The Kier molecular flexibility index (Phi) is 4.62. The lowest BCUT2D eigenvalue weighted by molar-refractivity contribution is -0.121. The number of hydroxylamine groups is 1. The highest BCUT2D eigenvalue weighted by atomic mass is 16.5. The standard InChI is InChI=1S/C19H20N2O3/c22-17(21-24)14-8-10-16(11-9-14)20-18(23)19(12-4-5-13-19)15-6-2-1-3-7-15/h1-3,6-11,24H,4-5,12-13H2,(H,20,23)(H,21,22). The summed E-state index contributed by atoms with van der Waals surface area (Å²) < 4.78 is 0. The van der Waals surface area contributed by atoms with E-state index < -0.39 is 11.3 Å². The topological polar surface area (TPSA) is 78.4 Å². The van der Waals surface area contributed by atoms with E-state index in [-0.39, 0.29) is 5.91 Å². The van der Waals surface area contributed by atoms with E-state index in [4.69, 9.17) is 5.21 Å². The largest absolute Gasteiger partial charge is 0.325 e. The van der Waals surface area contributed by atoms with Crippen molar-refractivity contribution in [3.63, 3.8) is 0 Å². The van der Waals surface area contributed by atoms with Gasteiger partial charge in [0.2, 0.25) is 5.91 Å². The van der Waals surface area contributed by atoms with E-state index in [1.54, 1.807) is 29.7 Å². The number of hydrogen-bond acceptors (Lipinski definition) is 3. The summed E-state index contributed by atoms with van der Waals surface area (Å²) in [7, 11) is 0. The molecule has 24 heavy (non-hydrogen) atoms. The quantitative estimate of drug-likeness (QED) is 0.597. The zero-order valence-corrected chi connectivity index (χ0v) is 13.3. The third kappa shape index (κ3) is 3.03. The minimum atomic E-state index is -0.579. The van der Waals surface area contributed by atoms with Crippen molar-refractivity contribution in [2.45, 2.75) is 31.1 Å². The Bertz CT molecular complexity index is 720. The fourth-order valence-corrected chi connectivity index (χ4v) is 3.40. The number of nitrogens with one attached hydrogen (secondary N) is 2. The number of carbonyl (C=O) groups excluding carboxylic acids is 2. The first-order chi connectivity index (χ1) is 11.7. The van der Waals surface area contributed by atoms with E-state index in [0.29, 0.717) is 11.3 Å². The van der Waals surface area contributed by atoms with Crippen LogP contribution in [-0.4, -0.2) is 17.0 Å². The van der Waals surface area contributed by atoms with Gasteiger partial charge in [0.05, 0.1) is 5.41 Å². The van der Waals surface area contributed by atoms with E-state index in [9.17, 15) is 9.59 Å². The number of amides is 2. The summed E-state index contributed by atoms with van der Waals surface area (Å²) in [5.41, 5.74) is 3.12. The Morgan fingerprint density at radius 2 is 1.54 bits per heavy atom. The fraction of sp³-hybridized carbons (Fsp3) is 0.263. The predicted molar refractivity (Wildman–Crippen MR) is 90.9 cm³/mol. The first-order valence-corrected chi connectivity index (χ1v) is 8.07. The Hall–Kier alpha value is -2.66. The van der Waals surface area contributed by atoms with Crippen LogP contribution < -0.4 is 10.8 Å². The molecule has 0 heterocycles. The summed E-state index contributed by atoms with van der Waals surface area (Å²) >= 11 is 0. The Morgan fingerprint density at radius 3 is 2.12 bits per heavy atom.